The van der Waals surface area contributed by atoms with Crippen molar-refractivity contribution in [3.63, 3.8) is 0 Å². The van der Waals surface area contributed by atoms with Crippen molar-refractivity contribution in [2.45, 2.75) is 30.8 Å². The van der Waals surface area contributed by atoms with Crippen LogP contribution in [0.15, 0.2) is 30.3 Å². The minimum atomic E-state index is -2.87. The largest absolute Gasteiger partial charge is 0.463 e. The molecule has 0 unspecified atom stereocenters. The highest BCUT2D eigenvalue weighted by Gasteiger charge is 2.54. The number of carbonyl (C=O) groups excluding carboxylic acids is 1. The first-order chi connectivity index (χ1) is 11.8. The van der Waals surface area contributed by atoms with Gasteiger partial charge in [-0.25, -0.2) is 13.6 Å². The highest BCUT2D eigenvalue weighted by molar-refractivity contribution is 5.81. The van der Waals surface area contributed by atoms with Gasteiger partial charge in [0.25, 0.3) is 0 Å². The summed E-state index contributed by atoms with van der Waals surface area (Å²) in [6.07, 6.45) is 0.424. The van der Waals surface area contributed by atoms with E-state index in [4.69, 9.17) is 10.1 Å². The van der Waals surface area contributed by atoms with E-state index in [2.05, 4.69) is 0 Å². The van der Waals surface area contributed by atoms with E-state index in [0.29, 0.717) is 13.1 Å². The van der Waals surface area contributed by atoms with Gasteiger partial charge in [-0.1, -0.05) is 30.3 Å². The summed E-state index contributed by atoms with van der Waals surface area (Å²) in [5.74, 6) is -4.52. The molecule has 1 saturated carbocycles. The molecule has 1 aromatic carbocycles. The molecule has 1 heterocycles. The maximum absolute atomic E-state index is 13.7. The Morgan fingerprint density at radius 3 is 2.64 bits per heavy atom. The van der Waals surface area contributed by atoms with Gasteiger partial charge in [-0.05, 0) is 12.0 Å². The van der Waals surface area contributed by atoms with E-state index >= 15 is 0 Å². The molecule has 2 atom stereocenters. The van der Waals surface area contributed by atoms with Gasteiger partial charge in [0.1, 0.15) is 0 Å². The van der Waals surface area contributed by atoms with E-state index in [1.54, 1.807) is 35.2 Å². The highest BCUT2D eigenvalue weighted by Crippen LogP contribution is 2.47. The van der Waals surface area contributed by atoms with E-state index in [-0.39, 0.29) is 30.9 Å². The summed E-state index contributed by atoms with van der Waals surface area (Å²) in [5.41, 5.74) is -1.77. The quantitative estimate of drug-likeness (QED) is 0.468. The molecule has 0 radical (unpaired) electrons. The summed E-state index contributed by atoms with van der Waals surface area (Å²) in [6, 6.07) is 8.19. The maximum atomic E-state index is 13.7. The van der Waals surface area contributed by atoms with Crippen molar-refractivity contribution in [2.24, 2.45) is 11.8 Å². The van der Waals surface area contributed by atoms with Crippen molar-refractivity contribution < 1.29 is 23.4 Å². The van der Waals surface area contributed by atoms with E-state index in [1.165, 1.54) is 6.34 Å². The fourth-order valence-corrected chi connectivity index (χ4v) is 3.64. The van der Waals surface area contributed by atoms with Gasteiger partial charge in [0.05, 0.1) is 12.9 Å². The molecule has 5 nitrogen and oxygen atoms in total. The second-order valence-corrected chi connectivity index (χ2v) is 6.98. The van der Waals surface area contributed by atoms with Gasteiger partial charge in [-0.3, -0.25) is 5.41 Å². The second kappa shape index (κ2) is 6.71. The fraction of sp³-hybridized carbons (Fsp3) is 0.556. The molecule has 0 aromatic heterocycles. The Balaban J connectivity index is 1.74. The molecule has 1 aromatic rings. The maximum Gasteiger partial charge on any atom is 0.343 e. The van der Waals surface area contributed by atoms with E-state index < -0.39 is 29.8 Å². The van der Waals surface area contributed by atoms with E-state index in [0.717, 1.165) is 0 Å². The Morgan fingerprint density at radius 2 is 2.08 bits per heavy atom. The molecule has 0 spiro atoms. The summed E-state index contributed by atoms with van der Waals surface area (Å²) >= 11 is 0. The van der Waals surface area contributed by atoms with Gasteiger partial charge in [0.15, 0.2) is 5.60 Å². The molecule has 2 fully saturated rings. The molecule has 3 rings (SSSR count). The third-order valence-corrected chi connectivity index (χ3v) is 5.14. The number of nitrogens with one attached hydrogen (secondary N) is 1. The number of halogens is 2. The lowest BCUT2D eigenvalue weighted by Gasteiger charge is -2.38. The zero-order chi connectivity index (χ0) is 18.1. The Bertz CT molecular complexity index is 634. The third kappa shape index (κ3) is 3.51. The van der Waals surface area contributed by atoms with Gasteiger partial charge in [-0.2, -0.15) is 0 Å². The number of hydrogen-bond acceptors (Lipinski definition) is 4. The molecule has 25 heavy (non-hydrogen) atoms. The average Bonchev–Trinajstić information content (AvgIpc) is 2.94. The Labute approximate surface area is 145 Å². The fourth-order valence-electron chi connectivity index (χ4n) is 3.64. The first-order valence-corrected chi connectivity index (χ1v) is 8.43. The molecule has 1 saturated heterocycles. The topological polar surface area (TPSA) is 73.6 Å². The number of ether oxygens (including phenoxy) is 1. The predicted octanol–water partition coefficient (Wildman–Crippen LogP) is 2.39. The summed E-state index contributed by atoms with van der Waals surface area (Å²) in [4.78, 5) is 14.4. The first kappa shape index (κ1) is 17.8. The minimum absolute atomic E-state index is 0.0680. The minimum Gasteiger partial charge on any atom is -0.463 e. The van der Waals surface area contributed by atoms with Crippen LogP contribution in [0.1, 0.15) is 24.8 Å². The molecular formula is C18H22F2N2O3. The van der Waals surface area contributed by atoms with Crippen LogP contribution in [0.25, 0.3) is 0 Å². The number of benzene rings is 1. The number of nitrogens with zero attached hydrogens (tertiary/aromatic N) is 1. The molecule has 2 aliphatic rings. The lowest BCUT2D eigenvalue weighted by Crippen LogP contribution is -2.49. The van der Waals surface area contributed by atoms with E-state index in [9.17, 15) is 18.7 Å². The van der Waals surface area contributed by atoms with Crippen LogP contribution in [-0.2, 0) is 15.1 Å². The van der Waals surface area contributed by atoms with Gasteiger partial charge < -0.3 is 14.7 Å². The van der Waals surface area contributed by atoms with Crippen molar-refractivity contribution in [3.8, 4) is 0 Å². The zero-order valence-electron chi connectivity index (χ0n) is 13.8. The number of rotatable bonds is 6. The van der Waals surface area contributed by atoms with Crippen molar-refractivity contribution in [1.82, 2.24) is 4.90 Å². The van der Waals surface area contributed by atoms with Gasteiger partial charge >= 0.3 is 5.97 Å². The van der Waals surface area contributed by atoms with Crippen molar-refractivity contribution in [3.05, 3.63) is 35.9 Å². The molecule has 1 aliphatic carbocycles. The standard InChI is InChI=1S/C18H22F2N2O3/c19-17(20)7-6-15(8-17)18(24,14-4-2-1-3-5-14)16(23)25-11-13-9-22(10-13)12-21/h1-5,12-13,15,21,24H,6-11H2/t15-,18+/m1/s1. The van der Waals surface area contributed by atoms with Gasteiger partial charge in [-0.15, -0.1) is 0 Å². The molecule has 7 heteroatoms. The smallest absolute Gasteiger partial charge is 0.343 e. The summed E-state index contributed by atoms with van der Waals surface area (Å²) in [7, 11) is 0. The number of carbonyl (C=O) groups is 1. The lowest BCUT2D eigenvalue weighted by molar-refractivity contribution is -0.177. The molecule has 136 valence electrons. The Morgan fingerprint density at radius 1 is 1.40 bits per heavy atom. The Hall–Kier alpha value is -2.02. The number of esters is 1. The summed E-state index contributed by atoms with van der Waals surface area (Å²) in [6.45, 7) is 1.34. The highest BCUT2D eigenvalue weighted by atomic mass is 19.3. The molecule has 1 aliphatic heterocycles. The first-order valence-electron chi connectivity index (χ1n) is 8.43. The van der Waals surface area contributed by atoms with Crippen molar-refractivity contribution in [1.29, 1.82) is 5.41 Å². The number of alkyl halides is 2. The molecule has 0 amide bonds. The van der Waals surface area contributed by atoms with Crippen LogP contribution < -0.4 is 0 Å². The van der Waals surface area contributed by atoms with Crippen LogP contribution >= 0.6 is 0 Å². The number of likely N-dealkylation sites (tertiary alicyclic amines) is 1. The molecule has 0 bridgehead atoms. The van der Waals surface area contributed by atoms with Crippen LogP contribution in [-0.4, -0.2) is 47.9 Å². The van der Waals surface area contributed by atoms with Crippen molar-refractivity contribution >= 4 is 12.3 Å². The van der Waals surface area contributed by atoms with Crippen LogP contribution in [0, 0.1) is 17.2 Å². The SMILES string of the molecule is N=CN1CC(COC(=O)[C@](O)(c2ccccc2)[C@@H]2CCC(F)(F)C2)C1. The van der Waals surface area contributed by atoms with Crippen LogP contribution in [0.4, 0.5) is 8.78 Å². The predicted molar refractivity (Wildman–Crippen MR) is 87.4 cm³/mol. The van der Waals surface area contributed by atoms with Gasteiger partial charge in [0.2, 0.25) is 5.92 Å². The number of hydrogen-bond donors (Lipinski definition) is 2. The van der Waals surface area contributed by atoms with E-state index in [1.807, 2.05) is 0 Å². The van der Waals surface area contributed by atoms with Crippen LogP contribution in [0.5, 0.6) is 0 Å². The lowest BCUT2D eigenvalue weighted by atomic mass is 9.80. The summed E-state index contributed by atoms with van der Waals surface area (Å²) < 4.78 is 32.7. The van der Waals surface area contributed by atoms with Crippen LogP contribution in [0.3, 0.4) is 0 Å². The summed E-state index contributed by atoms with van der Waals surface area (Å²) in [5, 5.41) is 18.2. The average molecular weight is 352 g/mol. The number of aliphatic hydroxyl groups is 1. The second-order valence-electron chi connectivity index (χ2n) is 6.98. The van der Waals surface area contributed by atoms with Crippen LogP contribution in [0.2, 0.25) is 0 Å². The normalized spacial score (nSPS) is 25.1. The Kier molecular flexibility index (Phi) is 4.77. The zero-order valence-corrected chi connectivity index (χ0v) is 13.8. The van der Waals surface area contributed by atoms with Crippen molar-refractivity contribution in [2.75, 3.05) is 19.7 Å². The molecule has 2 N–H and O–H groups in total. The third-order valence-electron chi connectivity index (χ3n) is 5.14. The van der Waals surface area contributed by atoms with Gasteiger partial charge in [0, 0.05) is 37.8 Å². The monoisotopic (exact) mass is 352 g/mol. The molecular weight excluding hydrogens is 330 g/mol.